The first-order valence-corrected chi connectivity index (χ1v) is 6.72. The van der Waals surface area contributed by atoms with E-state index in [1.54, 1.807) is 14.2 Å². The van der Waals surface area contributed by atoms with Crippen LogP contribution in [0.2, 0.25) is 5.02 Å². The molecule has 0 fully saturated rings. The van der Waals surface area contributed by atoms with Gasteiger partial charge >= 0.3 is 0 Å². The van der Waals surface area contributed by atoms with Crippen molar-refractivity contribution in [3.05, 3.63) is 47.0 Å². The van der Waals surface area contributed by atoms with Crippen molar-refractivity contribution in [2.24, 2.45) is 0 Å². The van der Waals surface area contributed by atoms with Crippen LogP contribution >= 0.6 is 11.6 Å². The minimum atomic E-state index is 0.721. The maximum atomic E-state index is 6.20. The van der Waals surface area contributed by atoms with E-state index >= 15 is 0 Å². The summed E-state index contributed by atoms with van der Waals surface area (Å²) in [6, 6.07) is 11.7. The molecule has 0 aromatic heterocycles. The summed E-state index contributed by atoms with van der Waals surface area (Å²) >= 11 is 6.20. The monoisotopic (exact) mass is 291 g/mol. The molecule has 0 aliphatic carbocycles. The van der Waals surface area contributed by atoms with Crippen molar-refractivity contribution >= 4 is 11.6 Å². The lowest BCUT2D eigenvalue weighted by atomic mass is 10.0. The van der Waals surface area contributed by atoms with Crippen LogP contribution in [0.5, 0.6) is 11.5 Å². The maximum absolute atomic E-state index is 6.20. The average Bonchev–Trinajstić information content (AvgIpc) is 2.49. The van der Waals surface area contributed by atoms with Gasteiger partial charge in [-0.15, -0.1) is 0 Å². The Labute approximate surface area is 124 Å². The zero-order chi connectivity index (χ0) is 14.5. The van der Waals surface area contributed by atoms with E-state index in [1.807, 2.05) is 37.4 Å². The predicted molar refractivity (Wildman–Crippen MR) is 82.8 cm³/mol. The topological polar surface area (TPSA) is 30.5 Å². The average molecular weight is 292 g/mol. The summed E-state index contributed by atoms with van der Waals surface area (Å²) in [5.41, 5.74) is 3.09. The molecular formula is C16H18ClNO2. The third-order valence-electron chi connectivity index (χ3n) is 3.13. The van der Waals surface area contributed by atoms with Gasteiger partial charge in [0.05, 0.1) is 14.2 Å². The van der Waals surface area contributed by atoms with Crippen molar-refractivity contribution in [2.45, 2.75) is 6.54 Å². The normalized spacial score (nSPS) is 10.4. The molecule has 0 amide bonds. The molecule has 0 atom stereocenters. The van der Waals surface area contributed by atoms with Gasteiger partial charge in [0.25, 0.3) is 0 Å². The van der Waals surface area contributed by atoms with E-state index in [-0.39, 0.29) is 0 Å². The molecule has 0 saturated carbocycles. The molecule has 0 spiro atoms. The fourth-order valence-corrected chi connectivity index (χ4v) is 2.29. The molecule has 2 aromatic rings. The molecule has 0 heterocycles. The number of rotatable bonds is 5. The Morgan fingerprint density at radius 3 is 2.50 bits per heavy atom. The van der Waals surface area contributed by atoms with Crippen LogP contribution in [0.3, 0.4) is 0 Å². The van der Waals surface area contributed by atoms with E-state index in [0.29, 0.717) is 0 Å². The lowest BCUT2D eigenvalue weighted by Crippen LogP contribution is -2.05. The Hall–Kier alpha value is -1.71. The Bertz CT molecular complexity index is 599. The molecule has 106 valence electrons. The second-order valence-electron chi connectivity index (χ2n) is 4.40. The van der Waals surface area contributed by atoms with Gasteiger partial charge in [-0.1, -0.05) is 17.7 Å². The van der Waals surface area contributed by atoms with Crippen LogP contribution in [0.25, 0.3) is 11.1 Å². The summed E-state index contributed by atoms with van der Waals surface area (Å²) in [6.45, 7) is 0.721. The number of halogens is 1. The van der Waals surface area contributed by atoms with Crippen LogP contribution in [-0.2, 0) is 6.54 Å². The number of benzene rings is 2. The molecule has 4 heteroatoms. The molecule has 0 saturated heterocycles. The van der Waals surface area contributed by atoms with E-state index in [0.717, 1.165) is 39.8 Å². The van der Waals surface area contributed by atoms with Crippen LogP contribution in [0.4, 0.5) is 0 Å². The Morgan fingerprint density at radius 1 is 1.05 bits per heavy atom. The van der Waals surface area contributed by atoms with Gasteiger partial charge in [0, 0.05) is 17.1 Å². The third-order valence-corrected chi connectivity index (χ3v) is 3.50. The predicted octanol–water partition coefficient (Wildman–Crippen LogP) is 3.74. The van der Waals surface area contributed by atoms with Crippen molar-refractivity contribution < 1.29 is 9.47 Å². The highest BCUT2D eigenvalue weighted by Crippen LogP contribution is 2.35. The van der Waals surface area contributed by atoms with Gasteiger partial charge in [0.15, 0.2) is 0 Å². The quantitative estimate of drug-likeness (QED) is 0.910. The lowest BCUT2D eigenvalue weighted by Gasteiger charge is -2.12. The van der Waals surface area contributed by atoms with E-state index in [1.165, 1.54) is 0 Å². The Morgan fingerprint density at radius 2 is 1.85 bits per heavy atom. The van der Waals surface area contributed by atoms with Crippen LogP contribution in [0.15, 0.2) is 36.4 Å². The molecule has 1 N–H and O–H groups in total. The second kappa shape index (κ2) is 6.64. The molecule has 0 unspecified atom stereocenters. The summed E-state index contributed by atoms with van der Waals surface area (Å²) in [7, 11) is 5.21. The van der Waals surface area contributed by atoms with E-state index in [2.05, 4.69) is 11.4 Å². The largest absolute Gasteiger partial charge is 0.497 e. The summed E-state index contributed by atoms with van der Waals surface area (Å²) in [4.78, 5) is 0. The van der Waals surface area contributed by atoms with Gasteiger partial charge in [-0.05, 0) is 48.5 Å². The highest BCUT2D eigenvalue weighted by atomic mass is 35.5. The van der Waals surface area contributed by atoms with E-state index in [9.17, 15) is 0 Å². The fraction of sp³-hybridized carbons (Fsp3) is 0.250. The molecule has 2 aromatic carbocycles. The Kier molecular flexibility index (Phi) is 4.88. The SMILES string of the molecule is CNCc1cc(-c2cc(OC)ccc2OC)ccc1Cl. The number of hydrogen-bond acceptors (Lipinski definition) is 3. The van der Waals surface area contributed by atoms with Crippen LogP contribution in [-0.4, -0.2) is 21.3 Å². The number of hydrogen-bond donors (Lipinski definition) is 1. The highest BCUT2D eigenvalue weighted by molar-refractivity contribution is 6.31. The van der Waals surface area contributed by atoms with Crippen molar-refractivity contribution in [3.8, 4) is 22.6 Å². The van der Waals surface area contributed by atoms with Gasteiger partial charge < -0.3 is 14.8 Å². The smallest absolute Gasteiger partial charge is 0.126 e. The van der Waals surface area contributed by atoms with E-state index in [4.69, 9.17) is 21.1 Å². The van der Waals surface area contributed by atoms with Gasteiger partial charge in [-0.3, -0.25) is 0 Å². The molecule has 2 rings (SSSR count). The first-order valence-electron chi connectivity index (χ1n) is 6.35. The molecule has 3 nitrogen and oxygen atoms in total. The van der Waals surface area contributed by atoms with Crippen LogP contribution in [0.1, 0.15) is 5.56 Å². The number of methoxy groups -OCH3 is 2. The number of ether oxygens (including phenoxy) is 2. The fourth-order valence-electron chi connectivity index (χ4n) is 2.11. The minimum Gasteiger partial charge on any atom is -0.497 e. The highest BCUT2D eigenvalue weighted by Gasteiger charge is 2.10. The lowest BCUT2D eigenvalue weighted by molar-refractivity contribution is 0.404. The summed E-state index contributed by atoms with van der Waals surface area (Å²) < 4.78 is 10.7. The third kappa shape index (κ3) is 3.06. The zero-order valence-electron chi connectivity index (χ0n) is 11.9. The maximum Gasteiger partial charge on any atom is 0.126 e. The first kappa shape index (κ1) is 14.7. The zero-order valence-corrected chi connectivity index (χ0v) is 12.6. The van der Waals surface area contributed by atoms with Gasteiger partial charge in [-0.25, -0.2) is 0 Å². The first-order chi connectivity index (χ1) is 9.69. The molecule has 0 aliphatic rings. The van der Waals surface area contributed by atoms with E-state index < -0.39 is 0 Å². The van der Waals surface area contributed by atoms with Gasteiger partial charge in [0.1, 0.15) is 11.5 Å². The van der Waals surface area contributed by atoms with Crippen molar-refractivity contribution in [3.63, 3.8) is 0 Å². The molecule has 0 aliphatic heterocycles. The van der Waals surface area contributed by atoms with Crippen LogP contribution in [0, 0.1) is 0 Å². The van der Waals surface area contributed by atoms with Crippen molar-refractivity contribution in [2.75, 3.05) is 21.3 Å². The minimum absolute atomic E-state index is 0.721. The number of nitrogens with one attached hydrogen (secondary N) is 1. The Balaban J connectivity index is 2.52. The molecule has 0 radical (unpaired) electrons. The standard InChI is InChI=1S/C16H18ClNO2/c1-18-10-12-8-11(4-6-15(12)17)14-9-13(19-2)5-7-16(14)20-3/h4-9,18H,10H2,1-3H3. The molecular weight excluding hydrogens is 274 g/mol. The van der Waals surface area contributed by atoms with Gasteiger partial charge in [0.2, 0.25) is 0 Å². The summed E-state index contributed by atoms with van der Waals surface area (Å²) in [5.74, 6) is 1.61. The molecule has 20 heavy (non-hydrogen) atoms. The van der Waals surface area contributed by atoms with Gasteiger partial charge in [-0.2, -0.15) is 0 Å². The summed E-state index contributed by atoms with van der Waals surface area (Å²) in [5, 5.41) is 3.87. The molecule has 0 bridgehead atoms. The van der Waals surface area contributed by atoms with Crippen molar-refractivity contribution in [1.29, 1.82) is 0 Å². The summed E-state index contributed by atoms with van der Waals surface area (Å²) in [6.07, 6.45) is 0. The van der Waals surface area contributed by atoms with Crippen molar-refractivity contribution in [1.82, 2.24) is 5.32 Å². The second-order valence-corrected chi connectivity index (χ2v) is 4.81. The van der Waals surface area contributed by atoms with Crippen LogP contribution < -0.4 is 14.8 Å².